The third-order valence-corrected chi connectivity index (χ3v) is 3.04. The highest BCUT2D eigenvalue weighted by molar-refractivity contribution is 6.05. The molecular formula is C13H14N4O5. The fourth-order valence-electron chi connectivity index (χ4n) is 1.91. The molecule has 2 N–H and O–H groups in total. The normalized spacial score (nSPS) is 10.4. The Morgan fingerprint density at radius 1 is 1.45 bits per heavy atom. The summed E-state index contributed by atoms with van der Waals surface area (Å²) >= 11 is 0. The third-order valence-electron chi connectivity index (χ3n) is 3.04. The number of nitro groups is 1. The minimum Gasteiger partial charge on any atom is -0.469 e. The van der Waals surface area contributed by atoms with Crippen molar-refractivity contribution in [2.75, 3.05) is 13.7 Å². The number of ether oxygens (including phenoxy) is 1. The minimum absolute atomic E-state index is 0.0803. The summed E-state index contributed by atoms with van der Waals surface area (Å²) < 4.78 is 4.49. The minimum atomic E-state index is -0.537. The highest BCUT2D eigenvalue weighted by Crippen LogP contribution is 2.21. The van der Waals surface area contributed by atoms with Crippen molar-refractivity contribution in [1.82, 2.24) is 15.5 Å². The Kier molecular flexibility index (Phi) is 4.66. The van der Waals surface area contributed by atoms with Crippen molar-refractivity contribution in [3.05, 3.63) is 34.0 Å². The summed E-state index contributed by atoms with van der Waals surface area (Å²) in [5, 5.41) is 20.3. The van der Waals surface area contributed by atoms with E-state index in [1.807, 2.05) is 0 Å². The van der Waals surface area contributed by atoms with Gasteiger partial charge in [-0.05, 0) is 12.5 Å². The fraction of sp³-hybridized carbons (Fsp3) is 0.308. The zero-order valence-electron chi connectivity index (χ0n) is 11.8. The molecule has 9 heteroatoms. The van der Waals surface area contributed by atoms with Crippen LogP contribution in [-0.2, 0) is 9.53 Å². The number of amides is 1. The first-order valence-electron chi connectivity index (χ1n) is 6.50. The van der Waals surface area contributed by atoms with Gasteiger partial charge in [0.1, 0.15) is 0 Å². The molecule has 0 aliphatic heterocycles. The van der Waals surface area contributed by atoms with Crippen LogP contribution in [0.15, 0.2) is 18.2 Å². The van der Waals surface area contributed by atoms with E-state index in [4.69, 9.17) is 0 Å². The molecule has 0 unspecified atom stereocenters. The van der Waals surface area contributed by atoms with Crippen molar-refractivity contribution in [2.45, 2.75) is 12.8 Å². The molecule has 0 aliphatic rings. The average Bonchev–Trinajstić information content (AvgIpc) is 2.94. The van der Waals surface area contributed by atoms with Gasteiger partial charge in [-0.2, -0.15) is 5.10 Å². The number of hydrogen-bond donors (Lipinski definition) is 2. The van der Waals surface area contributed by atoms with Crippen molar-refractivity contribution < 1.29 is 19.2 Å². The lowest BCUT2D eigenvalue weighted by Gasteiger charge is -2.03. The Morgan fingerprint density at radius 3 is 2.91 bits per heavy atom. The summed E-state index contributed by atoms with van der Waals surface area (Å²) in [7, 11) is 1.30. The van der Waals surface area contributed by atoms with Gasteiger partial charge in [-0.3, -0.25) is 24.8 Å². The monoisotopic (exact) mass is 306 g/mol. The largest absolute Gasteiger partial charge is 0.469 e. The first-order valence-corrected chi connectivity index (χ1v) is 6.50. The zero-order chi connectivity index (χ0) is 16.1. The number of H-pyrrole nitrogens is 1. The number of carbonyl (C=O) groups is 2. The average molecular weight is 306 g/mol. The molecule has 0 spiro atoms. The van der Waals surface area contributed by atoms with E-state index in [1.54, 1.807) is 0 Å². The second-order valence-corrected chi connectivity index (χ2v) is 4.49. The van der Waals surface area contributed by atoms with Crippen molar-refractivity contribution >= 4 is 28.5 Å². The van der Waals surface area contributed by atoms with Gasteiger partial charge in [0.2, 0.25) is 0 Å². The number of rotatable bonds is 6. The van der Waals surface area contributed by atoms with Crippen molar-refractivity contribution in [3.63, 3.8) is 0 Å². The number of aromatic nitrogens is 2. The number of nitrogens with zero attached hydrogens (tertiary/aromatic N) is 2. The van der Waals surface area contributed by atoms with Gasteiger partial charge in [0.05, 0.1) is 17.5 Å². The molecule has 1 aromatic carbocycles. The van der Waals surface area contributed by atoms with Gasteiger partial charge in [-0.1, -0.05) is 0 Å². The number of benzene rings is 1. The third kappa shape index (κ3) is 3.37. The van der Waals surface area contributed by atoms with Gasteiger partial charge in [-0.15, -0.1) is 0 Å². The van der Waals surface area contributed by atoms with Crippen LogP contribution in [-0.4, -0.2) is 40.7 Å². The van der Waals surface area contributed by atoms with Crippen LogP contribution in [0.3, 0.4) is 0 Å². The number of non-ortho nitro benzene ring substituents is 1. The van der Waals surface area contributed by atoms with Crippen molar-refractivity contribution in [2.24, 2.45) is 0 Å². The maximum absolute atomic E-state index is 12.0. The van der Waals surface area contributed by atoms with E-state index >= 15 is 0 Å². The molecule has 0 saturated heterocycles. The van der Waals surface area contributed by atoms with E-state index in [0.717, 1.165) is 0 Å². The van der Waals surface area contributed by atoms with E-state index in [2.05, 4.69) is 20.3 Å². The van der Waals surface area contributed by atoms with Crippen LogP contribution >= 0.6 is 0 Å². The summed E-state index contributed by atoms with van der Waals surface area (Å²) in [5.41, 5.74) is 0.496. The molecule has 2 aromatic rings. The summed E-state index contributed by atoms with van der Waals surface area (Å²) in [6.07, 6.45) is 0.629. The first-order chi connectivity index (χ1) is 10.5. The van der Waals surface area contributed by atoms with E-state index in [1.165, 1.54) is 25.3 Å². The van der Waals surface area contributed by atoms with Gasteiger partial charge in [0.15, 0.2) is 5.69 Å². The molecule has 0 aliphatic carbocycles. The topological polar surface area (TPSA) is 127 Å². The lowest BCUT2D eigenvalue weighted by Crippen LogP contribution is -2.25. The maximum Gasteiger partial charge on any atom is 0.305 e. The zero-order valence-corrected chi connectivity index (χ0v) is 11.8. The number of nitro benzene ring substituents is 1. The standard InChI is InChI=1S/C13H14N4O5/c1-22-11(18)3-2-6-14-13(19)12-9-7-8(17(20)21)4-5-10(9)15-16-12/h4-5,7H,2-3,6H2,1H3,(H,14,19)(H,15,16). The molecule has 0 bridgehead atoms. The Labute approximate surface area is 124 Å². The molecule has 1 aromatic heterocycles. The molecule has 1 heterocycles. The molecule has 0 saturated carbocycles. The van der Waals surface area contributed by atoms with E-state index in [9.17, 15) is 19.7 Å². The molecule has 22 heavy (non-hydrogen) atoms. The molecule has 0 fully saturated rings. The maximum atomic E-state index is 12.0. The van der Waals surface area contributed by atoms with Gasteiger partial charge < -0.3 is 10.1 Å². The molecule has 0 atom stereocenters. The summed E-state index contributed by atoms with van der Waals surface area (Å²) in [4.78, 5) is 33.2. The summed E-state index contributed by atoms with van der Waals surface area (Å²) in [5.74, 6) is -0.813. The molecular weight excluding hydrogens is 292 g/mol. The summed E-state index contributed by atoms with van der Waals surface area (Å²) in [6, 6.07) is 4.12. The Morgan fingerprint density at radius 2 is 2.23 bits per heavy atom. The Bertz CT molecular complexity index is 724. The Hall–Kier alpha value is -2.97. The van der Waals surface area contributed by atoms with Crippen molar-refractivity contribution in [1.29, 1.82) is 0 Å². The van der Waals surface area contributed by atoms with Crippen LogP contribution < -0.4 is 5.32 Å². The summed E-state index contributed by atoms with van der Waals surface area (Å²) in [6.45, 7) is 0.275. The smallest absolute Gasteiger partial charge is 0.305 e. The van der Waals surface area contributed by atoms with Crippen LogP contribution in [0.25, 0.3) is 10.9 Å². The van der Waals surface area contributed by atoms with Gasteiger partial charge in [-0.25, -0.2) is 0 Å². The highest BCUT2D eigenvalue weighted by atomic mass is 16.6. The Balaban J connectivity index is 2.06. The van der Waals surface area contributed by atoms with E-state index in [-0.39, 0.29) is 30.3 Å². The van der Waals surface area contributed by atoms with E-state index in [0.29, 0.717) is 17.3 Å². The molecule has 0 radical (unpaired) electrons. The number of hydrogen-bond acceptors (Lipinski definition) is 6. The molecule has 1 amide bonds. The fourth-order valence-corrected chi connectivity index (χ4v) is 1.91. The highest BCUT2D eigenvalue weighted by Gasteiger charge is 2.17. The predicted octanol–water partition coefficient (Wildman–Crippen LogP) is 1.15. The number of aromatic amines is 1. The predicted molar refractivity (Wildman–Crippen MR) is 76.3 cm³/mol. The van der Waals surface area contributed by atoms with Crippen LogP contribution in [0.1, 0.15) is 23.3 Å². The second-order valence-electron chi connectivity index (χ2n) is 4.49. The molecule has 116 valence electrons. The van der Waals surface area contributed by atoms with Crippen molar-refractivity contribution in [3.8, 4) is 0 Å². The van der Waals surface area contributed by atoms with Crippen LogP contribution in [0.5, 0.6) is 0 Å². The van der Waals surface area contributed by atoms with Crippen LogP contribution in [0, 0.1) is 10.1 Å². The SMILES string of the molecule is COC(=O)CCCNC(=O)c1n[nH]c2ccc([N+](=O)[O-])cc12. The number of methoxy groups -OCH3 is 1. The van der Waals surface area contributed by atoms with Gasteiger partial charge in [0, 0.05) is 30.5 Å². The number of nitrogens with one attached hydrogen (secondary N) is 2. The second kappa shape index (κ2) is 6.66. The van der Waals surface area contributed by atoms with Crippen LogP contribution in [0.2, 0.25) is 0 Å². The number of carbonyl (C=O) groups excluding carboxylic acids is 2. The lowest BCUT2D eigenvalue weighted by molar-refractivity contribution is -0.384. The molecule has 2 rings (SSSR count). The first kappa shape index (κ1) is 15.4. The van der Waals surface area contributed by atoms with Crippen LogP contribution in [0.4, 0.5) is 5.69 Å². The number of esters is 1. The molecule has 9 nitrogen and oxygen atoms in total. The number of fused-ring (bicyclic) bond motifs is 1. The lowest BCUT2D eigenvalue weighted by atomic mass is 10.2. The van der Waals surface area contributed by atoms with Gasteiger partial charge in [0.25, 0.3) is 11.6 Å². The quantitative estimate of drug-likeness (QED) is 0.357. The van der Waals surface area contributed by atoms with Gasteiger partial charge >= 0.3 is 5.97 Å². The van der Waals surface area contributed by atoms with E-state index < -0.39 is 10.8 Å².